The van der Waals surface area contributed by atoms with E-state index in [1.165, 1.54) is 12.1 Å². The molecule has 2 amide bonds. The lowest BCUT2D eigenvalue weighted by atomic mass is 9.98. The van der Waals surface area contributed by atoms with Crippen LogP contribution in [0.2, 0.25) is 5.02 Å². The molecule has 1 atom stereocenters. The van der Waals surface area contributed by atoms with E-state index in [1.807, 2.05) is 60.7 Å². The Bertz CT molecular complexity index is 1390. The Morgan fingerprint density at radius 3 is 2.41 bits per heavy atom. The number of anilines is 1. The molecule has 2 heterocycles. The van der Waals surface area contributed by atoms with Crippen molar-refractivity contribution in [3.63, 3.8) is 0 Å². The molecular formula is C29H30ClF2N5O2. The molecule has 39 heavy (non-hydrogen) atoms. The predicted octanol–water partition coefficient (Wildman–Crippen LogP) is 6.08. The number of amides is 2. The molecule has 0 spiro atoms. The van der Waals surface area contributed by atoms with Gasteiger partial charge in [-0.25, -0.2) is 18.3 Å². The predicted molar refractivity (Wildman–Crippen MR) is 149 cm³/mol. The number of carbonyl (C=O) groups excluding carboxylic acids is 1. The molecule has 10 heteroatoms. The average molecular weight is 554 g/mol. The molecule has 7 nitrogen and oxygen atoms in total. The van der Waals surface area contributed by atoms with Gasteiger partial charge in [0.05, 0.1) is 12.3 Å². The van der Waals surface area contributed by atoms with E-state index in [-0.39, 0.29) is 0 Å². The molecule has 0 saturated carbocycles. The lowest BCUT2D eigenvalue weighted by Gasteiger charge is -2.15. The highest BCUT2D eigenvalue weighted by atomic mass is 35.5. The van der Waals surface area contributed by atoms with Gasteiger partial charge in [-0.3, -0.25) is 5.32 Å². The molecule has 1 aromatic heterocycles. The van der Waals surface area contributed by atoms with Gasteiger partial charge in [-0.1, -0.05) is 66.2 Å². The fourth-order valence-corrected chi connectivity index (χ4v) is 4.73. The molecule has 1 aliphatic rings. The van der Waals surface area contributed by atoms with Crippen molar-refractivity contribution < 1.29 is 18.3 Å². The SMILES string of the molecule is COCCN1CCC(c2ccc(F)c(F)c2)C1.NC(=O)Nc1c(Cl)c(-c2ccccc2)nn1-c1ccccc1. The minimum atomic E-state index is -0.775. The third-order valence-corrected chi connectivity index (χ3v) is 6.77. The molecule has 3 N–H and O–H groups in total. The van der Waals surface area contributed by atoms with Crippen LogP contribution in [-0.2, 0) is 4.74 Å². The lowest BCUT2D eigenvalue weighted by molar-refractivity contribution is 0.160. The minimum Gasteiger partial charge on any atom is -0.383 e. The number of nitrogens with one attached hydrogen (secondary N) is 1. The number of primary amides is 1. The average Bonchev–Trinajstić information content (AvgIpc) is 3.55. The van der Waals surface area contributed by atoms with Gasteiger partial charge in [0.25, 0.3) is 0 Å². The van der Waals surface area contributed by atoms with Gasteiger partial charge in [-0.2, -0.15) is 5.10 Å². The van der Waals surface area contributed by atoms with Gasteiger partial charge in [-0.15, -0.1) is 0 Å². The zero-order chi connectivity index (χ0) is 27.8. The number of nitrogens with zero attached hydrogens (tertiary/aromatic N) is 3. The molecule has 0 radical (unpaired) electrons. The van der Waals surface area contributed by atoms with Crippen molar-refractivity contribution in [2.45, 2.75) is 12.3 Å². The number of hydrogen-bond acceptors (Lipinski definition) is 4. The standard InChI is InChI=1S/C16H13ClN4O.C13H17F2NO/c17-13-14(11-7-3-1-4-8-11)20-21(15(13)19-16(18)22)12-9-5-2-6-10-12;1-17-7-6-16-5-4-11(9-16)10-2-3-12(14)13(15)8-10/h1-10H,(H3,18,19,22);2-3,8,11H,4-7,9H2,1H3. The monoisotopic (exact) mass is 553 g/mol. The van der Waals surface area contributed by atoms with E-state index >= 15 is 0 Å². The third-order valence-electron chi connectivity index (χ3n) is 6.42. The number of halogens is 3. The first-order valence-corrected chi connectivity index (χ1v) is 12.9. The number of urea groups is 1. The fourth-order valence-electron chi connectivity index (χ4n) is 4.45. The van der Waals surface area contributed by atoms with Crippen LogP contribution in [0.25, 0.3) is 16.9 Å². The van der Waals surface area contributed by atoms with E-state index in [1.54, 1.807) is 17.9 Å². The summed E-state index contributed by atoms with van der Waals surface area (Å²) in [5, 5.41) is 7.40. The highest BCUT2D eigenvalue weighted by Gasteiger charge is 2.24. The lowest BCUT2D eigenvalue weighted by Crippen LogP contribution is -2.24. The Morgan fingerprint density at radius 2 is 1.77 bits per heavy atom. The third kappa shape index (κ3) is 7.20. The summed E-state index contributed by atoms with van der Waals surface area (Å²) >= 11 is 6.40. The number of hydrogen-bond donors (Lipinski definition) is 2. The fraction of sp³-hybridized carbons (Fsp3) is 0.241. The van der Waals surface area contributed by atoms with Crippen molar-refractivity contribution in [1.29, 1.82) is 0 Å². The summed E-state index contributed by atoms with van der Waals surface area (Å²) in [4.78, 5) is 13.5. The minimum absolute atomic E-state index is 0.307. The maximum Gasteiger partial charge on any atom is 0.317 e. The zero-order valence-electron chi connectivity index (χ0n) is 21.5. The Hall–Kier alpha value is -3.79. The molecule has 1 saturated heterocycles. The summed E-state index contributed by atoms with van der Waals surface area (Å²) < 4.78 is 32.5. The van der Waals surface area contributed by atoms with E-state index in [9.17, 15) is 13.6 Å². The number of nitrogens with two attached hydrogens (primary N) is 1. The summed E-state index contributed by atoms with van der Waals surface area (Å²) in [7, 11) is 1.68. The van der Waals surface area contributed by atoms with Crippen LogP contribution < -0.4 is 11.1 Å². The first kappa shape index (κ1) is 28.2. The summed E-state index contributed by atoms with van der Waals surface area (Å²) in [5.74, 6) is -0.873. The van der Waals surface area contributed by atoms with Gasteiger partial charge in [0.1, 0.15) is 10.7 Å². The van der Waals surface area contributed by atoms with Crippen molar-refractivity contribution in [3.8, 4) is 16.9 Å². The van der Waals surface area contributed by atoms with Crippen LogP contribution >= 0.6 is 11.6 Å². The van der Waals surface area contributed by atoms with Gasteiger partial charge in [0.15, 0.2) is 17.5 Å². The first-order chi connectivity index (χ1) is 18.9. The second kappa shape index (κ2) is 13.3. The van der Waals surface area contributed by atoms with Crippen LogP contribution in [-0.4, -0.2) is 54.1 Å². The number of carbonyl (C=O) groups is 1. The Kier molecular flexibility index (Phi) is 9.64. The maximum atomic E-state index is 13.1. The van der Waals surface area contributed by atoms with Crippen molar-refractivity contribution in [1.82, 2.24) is 14.7 Å². The van der Waals surface area contributed by atoms with Gasteiger partial charge in [0.2, 0.25) is 0 Å². The molecule has 4 aromatic rings. The second-order valence-electron chi connectivity index (χ2n) is 9.07. The smallest absolute Gasteiger partial charge is 0.317 e. The number of para-hydroxylation sites is 1. The number of likely N-dealkylation sites (tertiary alicyclic amines) is 1. The van der Waals surface area contributed by atoms with Gasteiger partial charge >= 0.3 is 6.03 Å². The quantitative estimate of drug-likeness (QED) is 0.290. The van der Waals surface area contributed by atoms with Crippen LogP contribution in [0.3, 0.4) is 0 Å². The summed E-state index contributed by atoms with van der Waals surface area (Å²) in [5.41, 5.74) is 8.34. The summed E-state index contributed by atoms with van der Waals surface area (Å²) in [6, 6.07) is 22.4. The van der Waals surface area contributed by atoms with E-state index < -0.39 is 17.7 Å². The van der Waals surface area contributed by atoms with Gasteiger partial charge in [0, 0.05) is 25.8 Å². The molecule has 0 aliphatic carbocycles. The highest BCUT2D eigenvalue weighted by molar-refractivity contribution is 6.36. The van der Waals surface area contributed by atoms with Crippen molar-refractivity contribution >= 4 is 23.4 Å². The number of aromatic nitrogens is 2. The molecular weight excluding hydrogens is 524 g/mol. The Morgan fingerprint density at radius 1 is 1.08 bits per heavy atom. The topological polar surface area (TPSA) is 85.4 Å². The van der Waals surface area contributed by atoms with E-state index in [4.69, 9.17) is 22.1 Å². The number of rotatable bonds is 7. The van der Waals surface area contributed by atoms with Crippen LogP contribution in [0.5, 0.6) is 0 Å². The zero-order valence-corrected chi connectivity index (χ0v) is 22.2. The van der Waals surface area contributed by atoms with Crippen LogP contribution in [0.1, 0.15) is 17.9 Å². The van der Waals surface area contributed by atoms with Gasteiger partial charge in [-0.05, 0) is 48.7 Å². The molecule has 5 rings (SSSR count). The second-order valence-corrected chi connectivity index (χ2v) is 9.44. The molecule has 1 aliphatic heterocycles. The van der Waals surface area contributed by atoms with E-state index in [0.717, 1.165) is 42.9 Å². The van der Waals surface area contributed by atoms with E-state index in [0.29, 0.717) is 29.1 Å². The highest BCUT2D eigenvalue weighted by Crippen LogP contribution is 2.35. The van der Waals surface area contributed by atoms with Crippen LogP contribution in [0, 0.1) is 11.6 Å². The number of benzene rings is 3. The molecule has 1 fully saturated rings. The largest absolute Gasteiger partial charge is 0.383 e. The molecule has 1 unspecified atom stereocenters. The van der Waals surface area contributed by atoms with Crippen molar-refractivity contribution in [3.05, 3.63) is 101 Å². The van der Waals surface area contributed by atoms with Crippen molar-refractivity contribution in [2.75, 3.05) is 38.7 Å². The Labute approximate surface area is 231 Å². The maximum absolute atomic E-state index is 13.1. The van der Waals surface area contributed by atoms with Crippen molar-refractivity contribution in [2.24, 2.45) is 5.73 Å². The molecule has 0 bridgehead atoms. The molecule has 204 valence electrons. The van der Waals surface area contributed by atoms with Crippen LogP contribution in [0.4, 0.5) is 19.4 Å². The normalized spacial score (nSPS) is 15.0. The number of ether oxygens (including phenoxy) is 1. The van der Waals surface area contributed by atoms with Gasteiger partial charge < -0.3 is 15.4 Å². The Balaban J connectivity index is 0.000000187. The summed E-state index contributed by atoms with van der Waals surface area (Å²) in [6.45, 7) is 3.50. The summed E-state index contributed by atoms with van der Waals surface area (Å²) in [6.07, 6.45) is 0.995. The molecule has 3 aromatic carbocycles. The number of methoxy groups -OCH3 is 1. The van der Waals surface area contributed by atoms with Crippen LogP contribution in [0.15, 0.2) is 78.9 Å². The van der Waals surface area contributed by atoms with E-state index in [2.05, 4.69) is 15.3 Å². The first-order valence-electron chi connectivity index (χ1n) is 12.5.